The smallest absolute Gasteiger partial charge is 0.314 e. The SMILES string of the molecule is COCCC1(CNC(=O)NCC2(C(=O)O)CCCC2)CC1. The number of amides is 2. The summed E-state index contributed by atoms with van der Waals surface area (Å²) in [5.41, 5.74) is -0.560. The first-order valence-electron chi connectivity index (χ1n) is 7.76. The standard InChI is InChI=1S/C15H26N2O4/c1-21-9-8-14(6-7-14)10-16-13(20)17-11-15(12(18)19)4-2-3-5-15/h2-11H2,1H3,(H,18,19)(H2,16,17,20). The lowest BCUT2D eigenvalue weighted by atomic mass is 9.86. The van der Waals surface area contributed by atoms with Crippen molar-refractivity contribution in [1.82, 2.24) is 10.6 Å². The third-order valence-electron chi connectivity index (χ3n) is 5.02. The summed E-state index contributed by atoms with van der Waals surface area (Å²) in [5, 5.41) is 15.0. The van der Waals surface area contributed by atoms with Crippen LogP contribution in [0.25, 0.3) is 0 Å². The second-order valence-electron chi connectivity index (χ2n) is 6.57. The van der Waals surface area contributed by atoms with Gasteiger partial charge < -0.3 is 20.5 Å². The van der Waals surface area contributed by atoms with Crippen LogP contribution in [0.1, 0.15) is 44.9 Å². The van der Waals surface area contributed by atoms with Crippen LogP contribution in [0.5, 0.6) is 0 Å². The Bertz CT molecular complexity index is 387. The van der Waals surface area contributed by atoms with Gasteiger partial charge in [0.05, 0.1) is 5.41 Å². The van der Waals surface area contributed by atoms with Crippen molar-refractivity contribution in [3.8, 4) is 0 Å². The molecule has 2 saturated carbocycles. The predicted molar refractivity (Wildman–Crippen MR) is 78.1 cm³/mol. The molecule has 0 heterocycles. The van der Waals surface area contributed by atoms with Crippen molar-refractivity contribution < 1.29 is 19.4 Å². The van der Waals surface area contributed by atoms with Crippen molar-refractivity contribution in [3.63, 3.8) is 0 Å². The van der Waals surface area contributed by atoms with E-state index < -0.39 is 11.4 Å². The van der Waals surface area contributed by atoms with Gasteiger partial charge in [-0.05, 0) is 37.5 Å². The van der Waals surface area contributed by atoms with E-state index in [0.29, 0.717) is 26.0 Å². The molecule has 120 valence electrons. The number of carboxylic acids is 1. The number of carboxylic acid groups (broad SMARTS) is 1. The average Bonchev–Trinajstić information content (AvgIpc) is 3.07. The Kier molecular flexibility index (Phi) is 5.08. The van der Waals surface area contributed by atoms with Crippen LogP contribution < -0.4 is 10.6 Å². The minimum absolute atomic E-state index is 0.200. The van der Waals surface area contributed by atoms with Gasteiger partial charge in [0.15, 0.2) is 0 Å². The van der Waals surface area contributed by atoms with E-state index in [2.05, 4.69) is 10.6 Å². The summed E-state index contributed by atoms with van der Waals surface area (Å²) >= 11 is 0. The van der Waals surface area contributed by atoms with Gasteiger partial charge in [-0.2, -0.15) is 0 Å². The van der Waals surface area contributed by atoms with Gasteiger partial charge in [0.2, 0.25) is 0 Å². The molecule has 21 heavy (non-hydrogen) atoms. The number of carbonyl (C=O) groups excluding carboxylic acids is 1. The maximum atomic E-state index is 11.9. The maximum absolute atomic E-state index is 11.9. The molecule has 0 unspecified atom stereocenters. The first-order valence-corrected chi connectivity index (χ1v) is 7.76. The van der Waals surface area contributed by atoms with E-state index in [4.69, 9.17) is 4.74 Å². The van der Waals surface area contributed by atoms with E-state index in [9.17, 15) is 14.7 Å². The van der Waals surface area contributed by atoms with E-state index >= 15 is 0 Å². The van der Waals surface area contributed by atoms with Crippen molar-refractivity contribution in [1.29, 1.82) is 0 Å². The van der Waals surface area contributed by atoms with E-state index in [1.54, 1.807) is 7.11 Å². The molecule has 6 nitrogen and oxygen atoms in total. The highest BCUT2D eigenvalue weighted by atomic mass is 16.5. The molecule has 0 radical (unpaired) electrons. The number of methoxy groups -OCH3 is 1. The quantitative estimate of drug-likeness (QED) is 0.637. The summed E-state index contributed by atoms with van der Waals surface area (Å²) in [4.78, 5) is 23.3. The molecule has 2 aliphatic carbocycles. The van der Waals surface area contributed by atoms with Crippen LogP contribution >= 0.6 is 0 Å². The van der Waals surface area contributed by atoms with Crippen LogP contribution in [0.4, 0.5) is 4.79 Å². The van der Waals surface area contributed by atoms with Gasteiger partial charge in [-0.15, -0.1) is 0 Å². The fourth-order valence-electron chi connectivity index (χ4n) is 3.11. The number of rotatable bonds is 8. The lowest BCUT2D eigenvalue weighted by Crippen LogP contribution is -2.46. The Labute approximate surface area is 125 Å². The third kappa shape index (κ3) is 4.09. The number of carbonyl (C=O) groups is 2. The Morgan fingerprint density at radius 2 is 1.71 bits per heavy atom. The highest BCUT2D eigenvalue weighted by Gasteiger charge is 2.43. The van der Waals surface area contributed by atoms with Gasteiger partial charge in [0, 0.05) is 26.8 Å². The Morgan fingerprint density at radius 3 is 2.24 bits per heavy atom. The van der Waals surface area contributed by atoms with E-state index in [0.717, 1.165) is 32.1 Å². The Hall–Kier alpha value is -1.30. The number of nitrogens with one attached hydrogen (secondary N) is 2. The van der Waals surface area contributed by atoms with Gasteiger partial charge >= 0.3 is 12.0 Å². The molecule has 0 atom stereocenters. The van der Waals surface area contributed by atoms with Crippen molar-refractivity contribution in [2.75, 3.05) is 26.8 Å². The fraction of sp³-hybridized carbons (Fsp3) is 0.867. The average molecular weight is 298 g/mol. The maximum Gasteiger partial charge on any atom is 0.314 e. The lowest BCUT2D eigenvalue weighted by molar-refractivity contribution is -0.148. The van der Waals surface area contributed by atoms with Crippen LogP contribution in [0.15, 0.2) is 0 Å². The van der Waals surface area contributed by atoms with Crippen LogP contribution in [0, 0.1) is 10.8 Å². The topological polar surface area (TPSA) is 87.7 Å². The molecule has 6 heteroatoms. The second kappa shape index (κ2) is 6.64. The largest absolute Gasteiger partial charge is 0.481 e. The lowest BCUT2D eigenvalue weighted by Gasteiger charge is -2.24. The molecule has 2 amide bonds. The molecule has 0 aromatic rings. The van der Waals surface area contributed by atoms with Gasteiger partial charge in [-0.3, -0.25) is 4.79 Å². The summed E-state index contributed by atoms with van der Waals surface area (Å²) in [6.07, 6.45) is 6.36. The zero-order valence-corrected chi connectivity index (χ0v) is 12.7. The molecule has 2 aliphatic rings. The molecule has 0 spiro atoms. The van der Waals surface area contributed by atoms with Gasteiger partial charge in [-0.25, -0.2) is 4.79 Å². The monoisotopic (exact) mass is 298 g/mol. The van der Waals surface area contributed by atoms with Gasteiger partial charge in [0.25, 0.3) is 0 Å². The molecule has 0 aliphatic heterocycles. The molecular weight excluding hydrogens is 272 g/mol. The van der Waals surface area contributed by atoms with Crippen LogP contribution in [0.2, 0.25) is 0 Å². The first kappa shape index (κ1) is 16.1. The van der Waals surface area contributed by atoms with Gasteiger partial charge in [0.1, 0.15) is 0 Å². The fourth-order valence-corrected chi connectivity index (χ4v) is 3.11. The summed E-state index contributed by atoms with van der Waals surface area (Å²) in [6, 6.07) is -0.258. The van der Waals surface area contributed by atoms with E-state index in [-0.39, 0.29) is 18.0 Å². The minimum atomic E-state index is -0.793. The summed E-state index contributed by atoms with van der Waals surface area (Å²) in [5.74, 6) is -0.793. The number of hydrogen-bond donors (Lipinski definition) is 3. The summed E-state index contributed by atoms with van der Waals surface area (Å²) in [7, 11) is 1.68. The molecular formula is C15H26N2O4. The normalized spacial score (nSPS) is 21.8. The molecule has 2 fully saturated rings. The summed E-state index contributed by atoms with van der Waals surface area (Å²) in [6.45, 7) is 1.58. The van der Waals surface area contributed by atoms with Crippen molar-refractivity contribution in [2.24, 2.45) is 10.8 Å². The third-order valence-corrected chi connectivity index (χ3v) is 5.02. The first-order chi connectivity index (χ1) is 10.0. The van der Waals surface area contributed by atoms with Crippen LogP contribution in [-0.4, -0.2) is 43.9 Å². The highest BCUT2D eigenvalue weighted by Crippen LogP contribution is 2.48. The van der Waals surface area contributed by atoms with Crippen molar-refractivity contribution >= 4 is 12.0 Å². The van der Waals surface area contributed by atoms with Crippen LogP contribution in [-0.2, 0) is 9.53 Å². The molecule has 2 rings (SSSR count). The highest BCUT2D eigenvalue weighted by molar-refractivity contribution is 5.78. The molecule has 3 N–H and O–H groups in total. The van der Waals surface area contributed by atoms with Gasteiger partial charge in [-0.1, -0.05) is 12.8 Å². The van der Waals surface area contributed by atoms with E-state index in [1.165, 1.54) is 0 Å². The Morgan fingerprint density at radius 1 is 1.10 bits per heavy atom. The molecule has 0 aromatic carbocycles. The Balaban J connectivity index is 1.71. The van der Waals surface area contributed by atoms with Crippen molar-refractivity contribution in [2.45, 2.75) is 44.9 Å². The summed E-state index contributed by atoms with van der Waals surface area (Å²) < 4.78 is 5.09. The number of aliphatic carboxylic acids is 1. The zero-order valence-electron chi connectivity index (χ0n) is 12.7. The number of hydrogen-bond acceptors (Lipinski definition) is 3. The molecule has 0 bridgehead atoms. The minimum Gasteiger partial charge on any atom is -0.481 e. The molecule has 0 aromatic heterocycles. The predicted octanol–water partition coefficient (Wildman–Crippen LogP) is 1.75. The van der Waals surface area contributed by atoms with Crippen LogP contribution in [0.3, 0.4) is 0 Å². The zero-order chi connectivity index (χ0) is 15.3. The second-order valence-corrected chi connectivity index (χ2v) is 6.57. The van der Waals surface area contributed by atoms with Crippen molar-refractivity contribution in [3.05, 3.63) is 0 Å². The number of urea groups is 1. The van der Waals surface area contributed by atoms with E-state index in [1.807, 2.05) is 0 Å². The number of ether oxygens (including phenoxy) is 1. The molecule has 0 saturated heterocycles.